The van der Waals surface area contributed by atoms with Crippen LogP contribution >= 0.6 is 0 Å². The van der Waals surface area contributed by atoms with Gasteiger partial charge in [-0.15, -0.1) is 0 Å². The third-order valence-electron chi connectivity index (χ3n) is 3.48. The molecular weight excluding hydrogens is 278 g/mol. The lowest BCUT2D eigenvalue weighted by atomic mass is 10.2. The summed E-state index contributed by atoms with van der Waals surface area (Å²) in [5.74, 6) is 0. The summed E-state index contributed by atoms with van der Waals surface area (Å²) in [5, 5.41) is 9.66. The molecule has 1 atom stereocenters. The van der Waals surface area contributed by atoms with E-state index in [4.69, 9.17) is 4.74 Å². The first kappa shape index (κ1) is 16.8. The molecule has 0 bridgehead atoms. The summed E-state index contributed by atoms with van der Waals surface area (Å²) in [5.41, 5.74) is 1.46. The molecule has 1 heterocycles. The number of benzene rings is 1. The number of ether oxygens (including phenoxy) is 1. The van der Waals surface area contributed by atoms with Crippen molar-refractivity contribution in [1.82, 2.24) is 10.6 Å². The molecule has 1 aliphatic rings. The number of anilines is 1. The van der Waals surface area contributed by atoms with Gasteiger partial charge in [0.2, 0.25) is 0 Å². The Morgan fingerprint density at radius 3 is 2.64 bits per heavy atom. The fourth-order valence-electron chi connectivity index (χ4n) is 2.45. The molecule has 122 valence electrons. The third-order valence-corrected chi connectivity index (χ3v) is 3.48. The molecule has 1 saturated heterocycles. The quantitative estimate of drug-likeness (QED) is 0.783. The Morgan fingerprint density at radius 2 is 2.05 bits per heavy atom. The zero-order valence-electron chi connectivity index (χ0n) is 13.7. The molecule has 1 aromatic carbocycles. The standard InChI is InChI=1S/C17H27N3O2/c1-17(2,3)22-16(21)20-14-8-6-13(7-9-14)11-18-12-15-5-4-10-19-15/h6-9,15,18-19H,4-5,10-12H2,1-3H3,(H,20,21). The van der Waals surface area contributed by atoms with Gasteiger partial charge in [-0.2, -0.15) is 0 Å². The van der Waals surface area contributed by atoms with Crippen molar-refractivity contribution in [2.45, 2.75) is 51.8 Å². The lowest BCUT2D eigenvalue weighted by Crippen LogP contribution is -2.33. The summed E-state index contributed by atoms with van der Waals surface area (Å²) in [4.78, 5) is 11.7. The molecule has 5 heteroatoms. The normalized spacial score (nSPS) is 18.2. The number of rotatable bonds is 5. The van der Waals surface area contributed by atoms with Crippen LogP contribution in [-0.2, 0) is 11.3 Å². The van der Waals surface area contributed by atoms with Gasteiger partial charge in [-0.05, 0) is 57.9 Å². The smallest absolute Gasteiger partial charge is 0.412 e. The number of carbonyl (C=O) groups excluding carboxylic acids is 1. The van der Waals surface area contributed by atoms with Crippen molar-refractivity contribution in [2.75, 3.05) is 18.4 Å². The first-order valence-electron chi connectivity index (χ1n) is 7.95. The number of hydrogen-bond donors (Lipinski definition) is 3. The summed E-state index contributed by atoms with van der Waals surface area (Å²) in [6.07, 6.45) is 2.11. The van der Waals surface area contributed by atoms with Crippen molar-refractivity contribution >= 4 is 11.8 Å². The molecule has 1 aromatic rings. The predicted molar refractivity (Wildman–Crippen MR) is 89.0 cm³/mol. The molecule has 1 amide bonds. The zero-order chi connectivity index (χ0) is 16.0. The van der Waals surface area contributed by atoms with Crippen LogP contribution in [0.4, 0.5) is 10.5 Å². The molecule has 0 radical (unpaired) electrons. The average Bonchev–Trinajstić information content (AvgIpc) is 2.92. The Labute approximate surface area is 132 Å². The second-order valence-corrected chi connectivity index (χ2v) is 6.75. The van der Waals surface area contributed by atoms with Crippen LogP contribution in [0.5, 0.6) is 0 Å². The van der Waals surface area contributed by atoms with E-state index in [1.807, 2.05) is 45.0 Å². The van der Waals surface area contributed by atoms with Gasteiger partial charge in [0.05, 0.1) is 0 Å². The van der Waals surface area contributed by atoms with Crippen LogP contribution in [0.3, 0.4) is 0 Å². The van der Waals surface area contributed by atoms with Gasteiger partial charge in [0.1, 0.15) is 5.60 Å². The highest BCUT2D eigenvalue weighted by molar-refractivity contribution is 5.84. The summed E-state index contributed by atoms with van der Waals surface area (Å²) >= 11 is 0. The molecule has 1 fully saturated rings. The van der Waals surface area contributed by atoms with E-state index in [0.717, 1.165) is 25.3 Å². The van der Waals surface area contributed by atoms with Gasteiger partial charge < -0.3 is 15.4 Å². The molecule has 0 spiro atoms. The van der Waals surface area contributed by atoms with Gasteiger partial charge in [-0.3, -0.25) is 5.32 Å². The molecule has 2 rings (SSSR count). The van der Waals surface area contributed by atoms with E-state index in [1.54, 1.807) is 0 Å². The van der Waals surface area contributed by atoms with Crippen LogP contribution in [0.25, 0.3) is 0 Å². The number of nitrogens with one attached hydrogen (secondary N) is 3. The first-order valence-corrected chi connectivity index (χ1v) is 7.95. The van der Waals surface area contributed by atoms with Crippen molar-refractivity contribution in [3.8, 4) is 0 Å². The van der Waals surface area contributed by atoms with Crippen LogP contribution in [0.2, 0.25) is 0 Å². The zero-order valence-corrected chi connectivity index (χ0v) is 13.7. The minimum atomic E-state index is -0.484. The molecule has 1 unspecified atom stereocenters. The van der Waals surface area contributed by atoms with Crippen LogP contribution in [0, 0.1) is 0 Å². The molecule has 0 saturated carbocycles. The summed E-state index contributed by atoms with van der Waals surface area (Å²) in [6.45, 7) is 8.52. The first-order chi connectivity index (χ1) is 10.4. The molecule has 0 aliphatic carbocycles. The summed E-state index contributed by atoms with van der Waals surface area (Å²) in [7, 11) is 0. The third kappa shape index (κ3) is 6.03. The Balaban J connectivity index is 1.73. The van der Waals surface area contributed by atoms with Crippen LogP contribution in [-0.4, -0.2) is 30.8 Å². The van der Waals surface area contributed by atoms with E-state index in [-0.39, 0.29) is 0 Å². The lowest BCUT2D eigenvalue weighted by molar-refractivity contribution is 0.0636. The Bertz CT molecular complexity index is 474. The molecule has 3 N–H and O–H groups in total. The fourth-order valence-corrected chi connectivity index (χ4v) is 2.45. The largest absolute Gasteiger partial charge is 0.444 e. The van der Waals surface area contributed by atoms with Crippen LogP contribution in [0.1, 0.15) is 39.2 Å². The van der Waals surface area contributed by atoms with Gasteiger partial charge in [0, 0.05) is 24.8 Å². The second kappa shape index (κ2) is 7.61. The maximum atomic E-state index is 11.7. The maximum absolute atomic E-state index is 11.7. The highest BCUT2D eigenvalue weighted by Crippen LogP contribution is 2.13. The minimum Gasteiger partial charge on any atom is -0.444 e. The number of hydrogen-bond acceptors (Lipinski definition) is 4. The van der Waals surface area contributed by atoms with E-state index in [9.17, 15) is 4.79 Å². The Kier molecular flexibility index (Phi) is 5.80. The monoisotopic (exact) mass is 305 g/mol. The molecule has 22 heavy (non-hydrogen) atoms. The van der Waals surface area contributed by atoms with Crippen molar-refractivity contribution in [2.24, 2.45) is 0 Å². The molecule has 5 nitrogen and oxygen atoms in total. The number of carbonyl (C=O) groups is 1. The highest BCUT2D eigenvalue weighted by Gasteiger charge is 2.16. The van der Waals surface area contributed by atoms with E-state index in [0.29, 0.717) is 6.04 Å². The predicted octanol–water partition coefficient (Wildman–Crippen LogP) is 2.88. The van der Waals surface area contributed by atoms with Crippen molar-refractivity contribution in [3.05, 3.63) is 29.8 Å². The van der Waals surface area contributed by atoms with Crippen LogP contribution < -0.4 is 16.0 Å². The Hall–Kier alpha value is -1.59. The van der Waals surface area contributed by atoms with Crippen molar-refractivity contribution in [1.29, 1.82) is 0 Å². The van der Waals surface area contributed by atoms with E-state index >= 15 is 0 Å². The van der Waals surface area contributed by atoms with E-state index < -0.39 is 11.7 Å². The fraction of sp³-hybridized carbons (Fsp3) is 0.588. The van der Waals surface area contributed by atoms with Gasteiger partial charge in [-0.1, -0.05) is 12.1 Å². The summed E-state index contributed by atoms with van der Waals surface area (Å²) < 4.78 is 5.22. The molecule has 1 aliphatic heterocycles. The van der Waals surface area contributed by atoms with Gasteiger partial charge in [0.25, 0.3) is 0 Å². The van der Waals surface area contributed by atoms with Gasteiger partial charge >= 0.3 is 6.09 Å². The van der Waals surface area contributed by atoms with Gasteiger partial charge in [0.15, 0.2) is 0 Å². The van der Waals surface area contributed by atoms with E-state index in [2.05, 4.69) is 16.0 Å². The number of amides is 1. The van der Waals surface area contributed by atoms with E-state index in [1.165, 1.54) is 18.4 Å². The van der Waals surface area contributed by atoms with Crippen LogP contribution in [0.15, 0.2) is 24.3 Å². The lowest BCUT2D eigenvalue weighted by Gasteiger charge is -2.19. The maximum Gasteiger partial charge on any atom is 0.412 e. The Morgan fingerprint density at radius 1 is 1.32 bits per heavy atom. The average molecular weight is 305 g/mol. The minimum absolute atomic E-state index is 0.425. The SMILES string of the molecule is CC(C)(C)OC(=O)Nc1ccc(CNCC2CCCN2)cc1. The summed E-state index contributed by atoms with van der Waals surface area (Å²) in [6, 6.07) is 8.43. The molecular formula is C17H27N3O2. The highest BCUT2D eigenvalue weighted by atomic mass is 16.6. The van der Waals surface area contributed by atoms with Gasteiger partial charge in [-0.25, -0.2) is 4.79 Å². The second-order valence-electron chi connectivity index (χ2n) is 6.75. The topological polar surface area (TPSA) is 62.4 Å². The van der Waals surface area contributed by atoms with Crippen molar-refractivity contribution < 1.29 is 9.53 Å². The molecule has 0 aromatic heterocycles. The van der Waals surface area contributed by atoms with Crippen molar-refractivity contribution in [3.63, 3.8) is 0 Å².